The quantitative estimate of drug-likeness (QED) is 0.787. The van der Waals surface area contributed by atoms with Crippen molar-refractivity contribution in [2.75, 3.05) is 13.7 Å². The number of rotatable bonds is 8. The van der Waals surface area contributed by atoms with Gasteiger partial charge in [-0.25, -0.2) is 0 Å². The number of aryl methyl sites for hydroxylation is 2. The van der Waals surface area contributed by atoms with E-state index in [1.54, 1.807) is 7.11 Å². The van der Waals surface area contributed by atoms with Gasteiger partial charge in [0.25, 0.3) is 0 Å². The third kappa shape index (κ3) is 4.35. The molecular weight excluding hydrogens is 270 g/mol. The topological polar surface area (TPSA) is 35.2 Å². The van der Waals surface area contributed by atoms with Crippen LogP contribution in [0.1, 0.15) is 42.4 Å². The number of methoxy groups -OCH3 is 1. The molecule has 1 unspecified atom stereocenters. The Morgan fingerprint density at radius 3 is 2.45 bits per heavy atom. The molecule has 22 heavy (non-hydrogen) atoms. The molecule has 118 valence electrons. The Morgan fingerprint density at radius 1 is 1.05 bits per heavy atom. The minimum absolute atomic E-state index is 0.366. The van der Waals surface area contributed by atoms with Crippen molar-refractivity contribution in [3.63, 3.8) is 0 Å². The molecule has 0 amide bonds. The summed E-state index contributed by atoms with van der Waals surface area (Å²) in [5, 5.41) is 0. The Labute approximate surface area is 134 Å². The molecule has 2 aromatic carbocycles. The van der Waals surface area contributed by atoms with Gasteiger partial charge in [-0.05, 0) is 60.9 Å². The lowest BCUT2D eigenvalue weighted by Crippen LogP contribution is -2.14. The number of hydrogen-bond donors (Lipinski definition) is 1. The van der Waals surface area contributed by atoms with Crippen LogP contribution in [0.4, 0.5) is 0 Å². The lowest BCUT2D eigenvalue weighted by Gasteiger charge is -2.19. The molecule has 0 heterocycles. The first-order valence-corrected chi connectivity index (χ1v) is 8.19. The molecule has 0 bridgehead atoms. The minimum atomic E-state index is 0.366. The van der Waals surface area contributed by atoms with Crippen molar-refractivity contribution in [2.24, 2.45) is 5.73 Å². The first-order valence-electron chi connectivity index (χ1n) is 8.19. The fraction of sp³-hybridized carbons (Fsp3) is 0.400. The number of benzene rings is 2. The zero-order valence-electron chi connectivity index (χ0n) is 13.7. The van der Waals surface area contributed by atoms with Gasteiger partial charge < -0.3 is 10.5 Å². The molecule has 2 nitrogen and oxygen atoms in total. The molecular formula is C20H27NO. The Morgan fingerprint density at radius 2 is 1.82 bits per heavy atom. The third-order valence-electron chi connectivity index (χ3n) is 4.29. The van der Waals surface area contributed by atoms with Gasteiger partial charge in [-0.1, -0.05) is 49.4 Å². The number of nitrogens with two attached hydrogens (primary N) is 1. The average Bonchev–Trinajstić information content (AvgIpc) is 2.59. The van der Waals surface area contributed by atoms with Crippen LogP contribution >= 0.6 is 0 Å². The molecule has 1 atom stereocenters. The molecule has 0 saturated carbocycles. The average molecular weight is 297 g/mol. The standard InChI is InChI=1S/C20H27NO/c1-3-16-12-13-20(22-2)19(14-16)18(15-21)11-7-10-17-8-5-4-6-9-17/h4-6,8-9,12-14,18H,3,7,10-11,15,21H2,1-2H3. The van der Waals surface area contributed by atoms with E-state index in [2.05, 4.69) is 55.5 Å². The summed E-state index contributed by atoms with van der Waals surface area (Å²) in [7, 11) is 1.74. The van der Waals surface area contributed by atoms with Gasteiger partial charge in [0, 0.05) is 0 Å². The van der Waals surface area contributed by atoms with Crippen molar-refractivity contribution in [1.29, 1.82) is 0 Å². The van der Waals surface area contributed by atoms with Crippen molar-refractivity contribution in [2.45, 2.75) is 38.5 Å². The van der Waals surface area contributed by atoms with Gasteiger partial charge in [0.15, 0.2) is 0 Å². The van der Waals surface area contributed by atoms with E-state index in [1.807, 2.05) is 0 Å². The van der Waals surface area contributed by atoms with Crippen LogP contribution in [0.2, 0.25) is 0 Å². The maximum absolute atomic E-state index is 6.04. The van der Waals surface area contributed by atoms with Gasteiger partial charge in [0.2, 0.25) is 0 Å². The zero-order chi connectivity index (χ0) is 15.8. The molecule has 0 spiro atoms. The van der Waals surface area contributed by atoms with Crippen LogP contribution in [-0.2, 0) is 12.8 Å². The summed E-state index contributed by atoms with van der Waals surface area (Å²) in [6.07, 6.45) is 4.38. The number of hydrogen-bond acceptors (Lipinski definition) is 2. The fourth-order valence-electron chi connectivity index (χ4n) is 2.92. The Kier molecular flexibility index (Phi) is 6.47. The van der Waals surface area contributed by atoms with Gasteiger partial charge >= 0.3 is 0 Å². The van der Waals surface area contributed by atoms with Crippen molar-refractivity contribution < 1.29 is 4.74 Å². The predicted molar refractivity (Wildman–Crippen MR) is 93.5 cm³/mol. The number of ether oxygens (including phenoxy) is 1. The van der Waals surface area contributed by atoms with Gasteiger partial charge in [0.1, 0.15) is 5.75 Å². The largest absolute Gasteiger partial charge is 0.496 e. The molecule has 0 radical (unpaired) electrons. The smallest absolute Gasteiger partial charge is 0.122 e. The SMILES string of the molecule is CCc1ccc(OC)c(C(CN)CCCc2ccccc2)c1. The van der Waals surface area contributed by atoms with Crippen LogP contribution < -0.4 is 10.5 Å². The second-order valence-corrected chi connectivity index (χ2v) is 5.74. The molecule has 2 aromatic rings. The second kappa shape index (κ2) is 8.60. The summed E-state index contributed by atoms with van der Waals surface area (Å²) in [5.41, 5.74) is 10.0. The van der Waals surface area contributed by atoms with Crippen LogP contribution in [0.5, 0.6) is 5.75 Å². The molecule has 0 saturated heterocycles. The van der Waals surface area contributed by atoms with E-state index in [9.17, 15) is 0 Å². The van der Waals surface area contributed by atoms with E-state index < -0.39 is 0 Å². The van der Waals surface area contributed by atoms with Crippen molar-refractivity contribution in [1.82, 2.24) is 0 Å². The lowest BCUT2D eigenvalue weighted by atomic mass is 9.90. The highest BCUT2D eigenvalue weighted by molar-refractivity contribution is 5.40. The van der Waals surface area contributed by atoms with Gasteiger partial charge in [0.05, 0.1) is 7.11 Å². The maximum atomic E-state index is 6.04. The molecule has 0 aliphatic rings. The van der Waals surface area contributed by atoms with Gasteiger partial charge in [-0.15, -0.1) is 0 Å². The molecule has 0 aliphatic heterocycles. The predicted octanol–water partition coefficient (Wildman–Crippen LogP) is 4.32. The molecule has 0 aromatic heterocycles. The van der Waals surface area contributed by atoms with Crippen LogP contribution in [0.3, 0.4) is 0 Å². The van der Waals surface area contributed by atoms with Crippen molar-refractivity contribution >= 4 is 0 Å². The third-order valence-corrected chi connectivity index (χ3v) is 4.29. The summed E-state index contributed by atoms with van der Waals surface area (Å²) >= 11 is 0. The second-order valence-electron chi connectivity index (χ2n) is 5.74. The van der Waals surface area contributed by atoms with E-state index in [1.165, 1.54) is 16.7 Å². The normalized spacial score (nSPS) is 12.1. The van der Waals surface area contributed by atoms with Crippen LogP contribution in [0.15, 0.2) is 48.5 Å². The van der Waals surface area contributed by atoms with E-state index in [0.29, 0.717) is 12.5 Å². The van der Waals surface area contributed by atoms with Crippen LogP contribution in [0.25, 0.3) is 0 Å². The summed E-state index contributed by atoms with van der Waals surface area (Å²) in [4.78, 5) is 0. The highest BCUT2D eigenvalue weighted by Gasteiger charge is 2.15. The molecule has 0 aliphatic carbocycles. The first-order chi connectivity index (χ1) is 10.8. The first kappa shape index (κ1) is 16.6. The van der Waals surface area contributed by atoms with E-state index >= 15 is 0 Å². The summed E-state index contributed by atoms with van der Waals surface area (Å²) < 4.78 is 5.54. The Balaban J connectivity index is 2.04. The summed E-state index contributed by atoms with van der Waals surface area (Å²) in [6.45, 7) is 2.84. The monoisotopic (exact) mass is 297 g/mol. The Hall–Kier alpha value is -1.80. The summed E-state index contributed by atoms with van der Waals surface area (Å²) in [6, 6.07) is 17.1. The van der Waals surface area contributed by atoms with Crippen molar-refractivity contribution in [3.8, 4) is 5.75 Å². The molecule has 2 N–H and O–H groups in total. The highest BCUT2D eigenvalue weighted by atomic mass is 16.5. The van der Waals surface area contributed by atoms with Gasteiger partial charge in [-0.2, -0.15) is 0 Å². The summed E-state index contributed by atoms with van der Waals surface area (Å²) in [5.74, 6) is 1.33. The van der Waals surface area contributed by atoms with E-state index in [4.69, 9.17) is 10.5 Å². The fourth-order valence-corrected chi connectivity index (χ4v) is 2.92. The van der Waals surface area contributed by atoms with Gasteiger partial charge in [-0.3, -0.25) is 0 Å². The molecule has 2 rings (SSSR count). The highest BCUT2D eigenvalue weighted by Crippen LogP contribution is 2.31. The van der Waals surface area contributed by atoms with Crippen LogP contribution in [-0.4, -0.2) is 13.7 Å². The van der Waals surface area contributed by atoms with E-state index in [-0.39, 0.29) is 0 Å². The zero-order valence-corrected chi connectivity index (χ0v) is 13.7. The van der Waals surface area contributed by atoms with E-state index in [0.717, 1.165) is 31.4 Å². The lowest BCUT2D eigenvalue weighted by molar-refractivity contribution is 0.403. The Bertz CT molecular complexity index is 565. The molecule has 0 fully saturated rings. The molecule has 2 heteroatoms. The minimum Gasteiger partial charge on any atom is -0.496 e. The van der Waals surface area contributed by atoms with Crippen LogP contribution in [0, 0.1) is 0 Å². The van der Waals surface area contributed by atoms with Crippen molar-refractivity contribution in [3.05, 3.63) is 65.2 Å². The maximum Gasteiger partial charge on any atom is 0.122 e.